The van der Waals surface area contributed by atoms with Gasteiger partial charge in [0.15, 0.2) is 0 Å². The Morgan fingerprint density at radius 2 is 0.865 bits per heavy atom. The fourth-order valence-electron chi connectivity index (χ4n) is 14.0. The second-order valence-corrected chi connectivity index (χ2v) is 29.3. The summed E-state index contributed by atoms with van der Waals surface area (Å²) >= 11 is 0. The van der Waals surface area contributed by atoms with Crippen molar-refractivity contribution < 1.29 is 67.7 Å². The first-order valence-corrected chi connectivity index (χ1v) is 33.9. The molecule has 4 rings (SSSR count). The van der Waals surface area contributed by atoms with Crippen molar-refractivity contribution in [1.29, 1.82) is 0 Å². The first-order chi connectivity index (χ1) is 44.3. The van der Waals surface area contributed by atoms with Crippen LogP contribution in [0.15, 0.2) is 24.3 Å². The minimum atomic E-state index is -1.95. The van der Waals surface area contributed by atoms with Crippen molar-refractivity contribution in [2.75, 3.05) is 88.4 Å². The molecule has 3 heterocycles. The maximum absolute atomic E-state index is 15.4. The monoisotopic (exact) mass is 1350 g/mol. The van der Waals surface area contributed by atoms with Gasteiger partial charge in [0, 0.05) is 81.1 Å². The lowest BCUT2D eigenvalue weighted by atomic mass is 9.90. The second kappa shape index (κ2) is 32.8. The molecule has 2 fully saturated rings. The molecule has 1 aromatic rings. The molecule has 4 unspecified atom stereocenters. The predicted octanol–water partition coefficient (Wildman–Crippen LogP) is 2.08. The second-order valence-electron chi connectivity index (χ2n) is 29.3. The highest BCUT2D eigenvalue weighted by molar-refractivity contribution is 6.00. The largest absolute Gasteiger partial charge is 0.388 e. The third kappa shape index (κ3) is 17.1. The maximum atomic E-state index is 15.4. The summed E-state index contributed by atoms with van der Waals surface area (Å²) < 4.78 is 0. The molecule has 96 heavy (non-hydrogen) atoms. The Hall–Kier alpha value is -7.42. The van der Waals surface area contributed by atoms with E-state index < -0.39 is 204 Å². The number of amides is 12. The molecule has 14 atom stereocenters. The predicted molar refractivity (Wildman–Crippen MR) is 363 cm³/mol. The summed E-state index contributed by atoms with van der Waals surface area (Å²) in [5.41, 5.74) is -2.88. The molecule has 5 N–H and O–H groups in total. The molecule has 0 radical (unpaired) electrons. The number of likely N-dealkylation sites (N-methyl/N-ethyl adjacent to an activating group) is 9. The molecular formula is C69H115N13O14. The lowest BCUT2D eigenvalue weighted by Crippen LogP contribution is -2.64. The van der Waals surface area contributed by atoms with Crippen LogP contribution in [0.4, 0.5) is 5.69 Å². The van der Waals surface area contributed by atoms with Gasteiger partial charge in [-0.15, -0.1) is 0 Å². The molecule has 0 spiro atoms. The Morgan fingerprint density at radius 3 is 1.33 bits per heavy atom. The van der Waals surface area contributed by atoms with E-state index in [9.17, 15) is 39.0 Å². The van der Waals surface area contributed by atoms with Crippen LogP contribution >= 0.6 is 0 Å². The van der Waals surface area contributed by atoms with Crippen molar-refractivity contribution in [2.45, 2.75) is 208 Å². The lowest BCUT2D eigenvalue weighted by Gasteiger charge is -2.42. The van der Waals surface area contributed by atoms with Crippen LogP contribution in [0.2, 0.25) is 0 Å². The zero-order valence-electron chi connectivity index (χ0n) is 61.8. The van der Waals surface area contributed by atoms with Gasteiger partial charge in [0.1, 0.15) is 66.1 Å². The fraction of sp³-hybridized carbons (Fsp3) is 0.739. The topological polar surface area (TPSA) is 314 Å². The maximum Gasteiger partial charge on any atom is 0.248 e. The van der Waals surface area contributed by atoms with Crippen LogP contribution in [0.1, 0.15) is 142 Å². The van der Waals surface area contributed by atoms with Gasteiger partial charge in [-0.05, 0) is 61.3 Å². The van der Waals surface area contributed by atoms with Crippen LogP contribution in [-0.2, 0) is 63.1 Å². The van der Waals surface area contributed by atoms with Crippen LogP contribution in [0.5, 0.6) is 0 Å². The number of carbonyl (C=O) groups excluding carboxylic acids is 12. The molecule has 27 heteroatoms. The molecule has 27 nitrogen and oxygen atoms in total. The summed E-state index contributed by atoms with van der Waals surface area (Å²) in [6.07, 6.45) is -0.450. The molecule has 3 aliphatic rings. The first-order valence-electron chi connectivity index (χ1n) is 33.9. The van der Waals surface area contributed by atoms with Crippen LogP contribution in [0.25, 0.3) is 0 Å². The van der Waals surface area contributed by atoms with E-state index in [0.29, 0.717) is 30.5 Å². The molecule has 3 aliphatic heterocycles. The number of nitrogens with one attached hydrogen (secondary N) is 3. The van der Waals surface area contributed by atoms with Crippen molar-refractivity contribution in [3.8, 4) is 0 Å². The average molecular weight is 1350 g/mol. The van der Waals surface area contributed by atoms with E-state index in [-0.39, 0.29) is 6.42 Å². The normalized spacial score (nSPS) is 28.5. The molecule has 0 aromatic heterocycles. The highest BCUT2D eigenvalue weighted by Crippen LogP contribution is 2.50. The number of rotatable bonds is 11. The minimum Gasteiger partial charge on any atom is -0.388 e. The molecular weight excluding hydrogens is 1230 g/mol. The van der Waals surface area contributed by atoms with Crippen LogP contribution < -0.4 is 16.0 Å². The number of hydrogen-bond donors (Lipinski definition) is 5. The van der Waals surface area contributed by atoms with Crippen molar-refractivity contribution in [1.82, 2.24) is 59.6 Å². The lowest BCUT2D eigenvalue weighted by molar-refractivity contribution is -0.160. The van der Waals surface area contributed by atoms with Gasteiger partial charge in [-0.2, -0.15) is 0 Å². The minimum absolute atomic E-state index is 0.328. The number of nitrogens with zero attached hydrogens (tertiary/aromatic N) is 10. The van der Waals surface area contributed by atoms with Gasteiger partial charge in [-0.1, -0.05) is 134 Å². The molecule has 2 saturated heterocycles. The van der Waals surface area contributed by atoms with Crippen LogP contribution in [-0.4, -0.2) is 279 Å². The average Bonchev–Trinajstić information content (AvgIpc) is 1.55. The van der Waals surface area contributed by atoms with E-state index in [1.165, 1.54) is 102 Å². The third-order valence-corrected chi connectivity index (χ3v) is 20.2. The standard InChI is InChI=1S/C69H115N13O14/c1-26-41(12)51-61(89)78(22)54(40(10)11)65(93)79(23)53(39(8)9)62(90)74(18)35-48(84)76(20)57(68(15,16)95)66(94)81(25)56(43(14)28-3)63(91)73(17)34-47(83)71-50(37(4)5)60(88)80(24)55(42(13)27-2)64(92)75(19)36-49(85)82-46(59(87)77(21)52(38(6)7)58(86)72-51)33-69(96)44-31-29-30-32-45(44)70-67(69)82/h29-32,37-43,46,50-57,67,70,95-96H,26-28,33-36H2,1-25H3,(H,71,83)(H,72,86)/t41?,42?,43?,46-,50-,51-,52-,53-,54-,55-,56-,57+,67?,69+/m0/s1. The van der Waals surface area contributed by atoms with E-state index in [0.717, 1.165) is 24.5 Å². The molecule has 0 bridgehead atoms. The Balaban J connectivity index is 1.94. The Morgan fingerprint density at radius 1 is 0.458 bits per heavy atom. The molecule has 0 saturated carbocycles. The zero-order chi connectivity index (χ0) is 73.6. The third-order valence-electron chi connectivity index (χ3n) is 20.2. The number of carbonyl (C=O) groups is 12. The van der Waals surface area contributed by atoms with Crippen molar-refractivity contribution >= 4 is 76.6 Å². The number of hydrogen-bond acceptors (Lipinski definition) is 15. The SMILES string of the molecule is CCC(C)[C@@H]1NC(=O)[C@H](C(C)C)N(C)C(=O)[C@@H]2C[C@@]3(O)c4ccccc4NC3N2C(=O)CN(C)C(=O)[C@H](C(C)CC)N(C)C(=O)[C@H](C(C)C)NC(=O)CN(C)C(=O)[C@H](C(C)CC)N(C)C(=O)[C@H](C(C)(C)O)N(C)C(=O)CN(C)C(=O)[C@H](C(C)C)N(C)C(=O)[C@H](C(C)C)N(C)C1=O. The number of anilines is 1. The number of aliphatic hydroxyl groups is 2. The van der Waals surface area contributed by atoms with E-state index in [2.05, 4.69) is 16.0 Å². The summed E-state index contributed by atoms with van der Waals surface area (Å²) in [7, 11) is 12.4. The molecule has 0 aliphatic carbocycles. The van der Waals surface area contributed by atoms with E-state index in [4.69, 9.17) is 0 Å². The van der Waals surface area contributed by atoms with Gasteiger partial charge < -0.3 is 75.2 Å². The van der Waals surface area contributed by atoms with Gasteiger partial charge in [0.05, 0.1) is 25.2 Å². The highest BCUT2D eigenvalue weighted by Gasteiger charge is 2.61. The summed E-state index contributed by atoms with van der Waals surface area (Å²) in [5.74, 6) is -12.5. The summed E-state index contributed by atoms with van der Waals surface area (Å²) in [5, 5.41) is 33.4. The fourth-order valence-corrected chi connectivity index (χ4v) is 14.0. The summed E-state index contributed by atoms with van der Waals surface area (Å²) in [6, 6.07) is -4.93. The van der Waals surface area contributed by atoms with E-state index in [1.54, 1.807) is 107 Å². The first kappa shape index (κ1) is 81.0. The molecule has 12 amide bonds. The number of para-hydroxylation sites is 1. The van der Waals surface area contributed by atoms with Gasteiger partial charge in [0.2, 0.25) is 70.9 Å². The number of fused-ring (bicyclic) bond motifs is 5. The number of benzene rings is 1. The van der Waals surface area contributed by atoms with Crippen LogP contribution in [0.3, 0.4) is 0 Å². The molecule has 540 valence electrons. The Bertz CT molecular complexity index is 3030. The van der Waals surface area contributed by atoms with E-state index >= 15 is 28.8 Å². The van der Waals surface area contributed by atoms with Crippen molar-refractivity contribution in [3.05, 3.63) is 29.8 Å². The van der Waals surface area contributed by atoms with Crippen molar-refractivity contribution in [2.24, 2.45) is 41.4 Å². The zero-order valence-corrected chi connectivity index (χ0v) is 61.8. The van der Waals surface area contributed by atoms with Gasteiger partial charge in [-0.3, -0.25) is 57.5 Å². The van der Waals surface area contributed by atoms with Gasteiger partial charge >= 0.3 is 0 Å². The quantitative estimate of drug-likeness (QED) is 0.212. The van der Waals surface area contributed by atoms with Gasteiger partial charge in [-0.25, -0.2) is 0 Å². The Kier molecular flexibility index (Phi) is 27.6. The highest BCUT2D eigenvalue weighted by atomic mass is 16.3. The summed E-state index contributed by atoms with van der Waals surface area (Å²) in [4.78, 5) is 190. The van der Waals surface area contributed by atoms with E-state index in [1.807, 2.05) is 13.8 Å². The smallest absolute Gasteiger partial charge is 0.248 e. The van der Waals surface area contributed by atoms with Crippen LogP contribution in [0, 0.1) is 41.4 Å². The molecule has 1 aromatic carbocycles. The summed E-state index contributed by atoms with van der Waals surface area (Å²) in [6.45, 7) is 25.1. The van der Waals surface area contributed by atoms with Gasteiger partial charge in [0.25, 0.3) is 0 Å². The van der Waals surface area contributed by atoms with Crippen molar-refractivity contribution in [3.63, 3.8) is 0 Å². The Labute approximate surface area is 569 Å².